The van der Waals surface area contributed by atoms with Crippen LogP contribution in [0.3, 0.4) is 0 Å². The summed E-state index contributed by atoms with van der Waals surface area (Å²) in [7, 11) is 0. The van der Waals surface area contributed by atoms with Gasteiger partial charge in [0.05, 0.1) is 6.54 Å². The second-order valence-corrected chi connectivity index (χ2v) is 5.54. The Labute approximate surface area is 109 Å². The molecule has 1 heterocycles. The summed E-state index contributed by atoms with van der Waals surface area (Å²) < 4.78 is 1.06. The molecule has 0 aromatic carbocycles. The second kappa shape index (κ2) is 7.04. The van der Waals surface area contributed by atoms with Crippen molar-refractivity contribution in [3.05, 3.63) is 20.8 Å². The van der Waals surface area contributed by atoms with Crippen molar-refractivity contribution in [2.75, 3.05) is 6.54 Å². The lowest BCUT2D eigenvalue weighted by Gasteiger charge is -2.11. The molecule has 1 aromatic heterocycles. The molecular weight excluding hydrogens is 288 g/mol. The highest BCUT2D eigenvalue weighted by molar-refractivity contribution is 9.10. The molecule has 1 unspecified atom stereocenters. The summed E-state index contributed by atoms with van der Waals surface area (Å²) in [5.74, 6) is 0.379. The first-order valence-electron chi connectivity index (χ1n) is 5.36. The molecule has 3 nitrogen and oxygen atoms in total. The largest absolute Gasteiger partial charge is 0.351 e. The highest BCUT2D eigenvalue weighted by Crippen LogP contribution is 2.22. The summed E-state index contributed by atoms with van der Waals surface area (Å²) in [5, 5.41) is 4.91. The molecule has 3 N–H and O–H groups in total. The maximum Gasteiger partial charge on any atom is 0.220 e. The van der Waals surface area contributed by atoms with Crippen molar-refractivity contribution in [1.29, 1.82) is 0 Å². The van der Waals surface area contributed by atoms with E-state index in [1.807, 2.05) is 11.4 Å². The van der Waals surface area contributed by atoms with Crippen LogP contribution in [-0.2, 0) is 11.3 Å². The number of hydrogen-bond donors (Lipinski definition) is 2. The fraction of sp³-hybridized carbons (Fsp3) is 0.545. The third-order valence-electron chi connectivity index (χ3n) is 2.52. The number of rotatable bonds is 6. The van der Waals surface area contributed by atoms with Crippen LogP contribution in [-0.4, -0.2) is 12.5 Å². The summed E-state index contributed by atoms with van der Waals surface area (Å²) in [4.78, 5) is 12.7. The third-order valence-corrected chi connectivity index (χ3v) is 4.45. The van der Waals surface area contributed by atoms with Crippen LogP contribution in [0, 0.1) is 5.92 Å². The fourth-order valence-corrected chi connectivity index (χ4v) is 2.79. The zero-order valence-electron chi connectivity index (χ0n) is 9.33. The van der Waals surface area contributed by atoms with E-state index < -0.39 is 0 Å². The quantitative estimate of drug-likeness (QED) is 0.848. The monoisotopic (exact) mass is 304 g/mol. The molecule has 0 aliphatic carbocycles. The van der Waals surface area contributed by atoms with E-state index in [-0.39, 0.29) is 5.91 Å². The van der Waals surface area contributed by atoms with Crippen LogP contribution in [0.25, 0.3) is 0 Å². The van der Waals surface area contributed by atoms with E-state index in [2.05, 4.69) is 28.2 Å². The van der Waals surface area contributed by atoms with Crippen molar-refractivity contribution in [2.45, 2.75) is 26.3 Å². The Morgan fingerprint density at radius 1 is 1.69 bits per heavy atom. The van der Waals surface area contributed by atoms with Crippen molar-refractivity contribution in [3.63, 3.8) is 0 Å². The Morgan fingerprint density at radius 3 is 2.94 bits per heavy atom. The lowest BCUT2D eigenvalue weighted by Crippen LogP contribution is -2.27. The van der Waals surface area contributed by atoms with Crippen molar-refractivity contribution < 1.29 is 4.79 Å². The summed E-state index contributed by atoms with van der Waals surface area (Å²) in [5.41, 5.74) is 5.56. The molecule has 0 aliphatic heterocycles. The molecule has 0 bridgehead atoms. The molecule has 0 radical (unpaired) electrons. The highest BCUT2D eigenvalue weighted by atomic mass is 79.9. The van der Waals surface area contributed by atoms with Crippen molar-refractivity contribution in [2.24, 2.45) is 11.7 Å². The lowest BCUT2D eigenvalue weighted by atomic mass is 10.0. The minimum Gasteiger partial charge on any atom is -0.351 e. The number of nitrogens with one attached hydrogen (secondary N) is 1. The first-order chi connectivity index (χ1) is 7.67. The first kappa shape index (κ1) is 13.7. The summed E-state index contributed by atoms with van der Waals surface area (Å²) in [6.45, 7) is 3.23. The first-order valence-corrected chi connectivity index (χ1v) is 7.03. The van der Waals surface area contributed by atoms with Gasteiger partial charge in [0.15, 0.2) is 0 Å². The highest BCUT2D eigenvalue weighted by Gasteiger charge is 2.10. The third kappa shape index (κ3) is 4.23. The number of nitrogens with two attached hydrogens (primary N) is 1. The summed E-state index contributed by atoms with van der Waals surface area (Å²) in [6.07, 6.45) is 1.47. The van der Waals surface area contributed by atoms with E-state index >= 15 is 0 Å². The van der Waals surface area contributed by atoms with Gasteiger partial charge < -0.3 is 11.1 Å². The smallest absolute Gasteiger partial charge is 0.220 e. The fourth-order valence-electron chi connectivity index (χ4n) is 1.36. The topological polar surface area (TPSA) is 55.1 Å². The molecule has 0 fully saturated rings. The number of carbonyl (C=O) groups is 1. The zero-order valence-corrected chi connectivity index (χ0v) is 11.7. The standard InChI is InChI=1S/C11H17BrN2OS/c1-2-8(6-13)5-11(15)14-7-10-9(12)3-4-16-10/h3-4,8H,2,5-7,13H2,1H3,(H,14,15). The zero-order chi connectivity index (χ0) is 12.0. The molecule has 16 heavy (non-hydrogen) atoms. The minimum absolute atomic E-state index is 0.0811. The van der Waals surface area contributed by atoms with Gasteiger partial charge in [-0.1, -0.05) is 13.3 Å². The molecule has 5 heteroatoms. The van der Waals surface area contributed by atoms with E-state index in [9.17, 15) is 4.79 Å². The van der Waals surface area contributed by atoms with Gasteiger partial charge in [0, 0.05) is 15.8 Å². The molecule has 0 saturated heterocycles. The number of thiophene rings is 1. The molecular formula is C11H17BrN2OS. The lowest BCUT2D eigenvalue weighted by molar-refractivity contribution is -0.122. The van der Waals surface area contributed by atoms with Crippen LogP contribution in [0.4, 0.5) is 0 Å². The Hall–Kier alpha value is -0.390. The van der Waals surface area contributed by atoms with Crippen LogP contribution in [0.1, 0.15) is 24.6 Å². The normalized spacial score (nSPS) is 12.4. The van der Waals surface area contributed by atoms with Crippen LogP contribution >= 0.6 is 27.3 Å². The Bertz CT molecular complexity index is 336. The van der Waals surface area contributed by atoms with Crippen molar-refractivity contribution >= 4 is 33.2 Å². The summed E-state index contributed by atoms with van der Waals surface area (Å²) >= 11 is 5.07. The van der Waals surface area contributed by atoms with Crippen LogP contribution in [0.2, 0.25) is 0 Å². The molecule has 0 saturated carbocycles. The molecule has 1 rings (SSSR count). The van der Waals surface area contributed by atoms with E-state index in [0.29, 0.717) is 25.4 Å². The van der Waals surface area contributed by atoms with E-state index in [1.54, 1.807) is 11.3 Å². The molecule has 90 valence electrons. The molecule has 1 aromatic rings. The van der Waals surface area contributed by atoms with Crippen molar-refractivity contribution in [1.82, 2.24) is 5.32 Å². The van der Waals surface area contributed by atoms with Gasteiger partial charge in [-0.15, -0.1) is 11.3 Å². The van der Waals surface area contributed by atoms with Crippen LogP contribution < -0.4 is 11.1 Å². The maximum atomic E-state index is 11.6. The number of amides is 1. The Kier molecular flexibility index (Phi) is 6.01. The van der Waals surface area contributed by atoms with Gasteiger partial charge in [-0.05, 0) is 39.8 Å². The minimum atomic E-state index is 0.0811. The molecule has 1 atom stereocenters. The molecule has 1 amide bonds. The van der Waals surface area contributed by atoms with Gasteiger partial charge in [0.25, 0.3) is 0 Å². The van der Waals surface area contributed by atoms with E-state index in [0.717, 1.165) is 15.8 Å². The Balaban J connectivity index is 2.33. The predicted molar refractivity (Wildman–Crippen MR) is 71.3 cm³/mol. The second-order valence-electron chi connectivity index (χ2n) is 3.68. The van der Waals surface area contributed by atoms with Gasteiger partial charge in [-0.25, -0.2) is 0 Å². The van der Waals surface area contributed by atoms with E-state index in [1.165, 1.54) is 0 Å². The SMILES string of the molecule is CCC(CN)CC(=O)NCc1sccc1Br. The summed E-state index contributed by atoms with van der Waals surface area (Å²) in [6, 6.07) is 1.99. The van der Waals surface area contributed by atoms with Gasteiger partial charge in [-0.3, -0.25) is 4.79 Å². The number of carbonyl (C=O) groups excluding carboxylic acids is 1. The van der Waals surface area contributed by atoms with Crippen LogP contribution in [0.5, 0.6) is 0 Å². The predicted octanol–water partition coefficient (Wildman–Crippen LogP) is 2.50. The maximum absolute atomic E-state index is 11.6. The number of halogens is 1. The van der Waals surface area contributed by atoms with E-state index in [4.69, 9.17) is 5.73 Å². The number of hydrogen-bond acceptors (Lipinski definition) is 3. The van der Waals surface area contributed by atoms with Gasteiger partial charge in [-0.2, -0.15) is 0 Å². The average Bonchev–Trinajstić information content (AvgIpc) is 2.69. The van der Waals surface area contributed by atoms with Gasteiger partial charge >= 0.3 is 0 Å². The molecule has 0 aliphatic rings. The molecule has 0 spiro atoms. The Morgan fingerprint density at radius 2 is 2.44 bits per heavy atom. The van der Waals surface area contributed by atoms with Gasteiger partial charge in [0.1, 0.15) is 0 Å². The van der Waals surface area contributed by atoms with Crippen LogP contribution in [0.15, 0.2) is 15.9 Å². The van der Waals surface area contributed by atoms with Crippen molar-refractivity contribution in [3.8, 4) is 0 Å². The average molecular weight is 305 g/mol. The van der Waals surface area contributed by atoms with Gasteiger partial charge in [0.2, 0.25) is 5.91 Å².